The third kappa shape index (κ3) is 2.17. The van der Waals surface area contributed by atoms with Crippen LogP contribution in [0, 0.1) is 0 Å². The van der Waals surface area contributed by atoms with Crippen LogP contribution in [0.25, 0.3) is 0 Å². The molecule has 0 fully saturated rings. The molecule has 0 nitrogen and oxygen atoms in total. The van der Waals surface area contributed by atoms with Gasteiger partial charge in [0, 0.05) is 15.1 Å². The lowest BCUT2D eigenvalue weighted by Gasteiger charge is -2.04. The van der Waals surface area contributed by atoms with Gasteiger partial charge in [0.15, 0.2) is 0 Å². The van der Waals surface area contributed by atoms with Crippen LogP contribution >= 0.6 is 27.5 Å². The van der Waals surface area contributed by atoms with E-state index in [0.717, 1.165) is 4.47 Å². The van der Waals surface area contributed by atoms with Crippen LogP contribution in [0.4, 0.5) is 4.39 Å². The Hall–Kier alpha value is -0.0800. The minimum absolute atomic E-state index is 0.467. The van der Waals surface area contributed by atoms with Gasteiger partial charge in [-0.25, -0.2) is 4.39 Å². The molecule has 1 aromatic carbocycles. The normalized spacial score (nSPS) is 13.1. The fourth-order valence-corrected chi connectivity index (χ4v) is 1.65. The summed E-state index contributed by atoms with van der Waals surface area (Å²) in [4.78, 5) is 0. The number of hydrogen-bond acceptors (Lipinski definition) is 0. The largest absolute Gasteiger partial charge is 0.243 e. The fraction of sp³-hybridized carbons (Fsp3) is 0.250. The van der Waals surface area contributed by atoms with Gasteiger partial charge in [-0.15, -0.1) is 0 Å². The van der Waals surface area contributed by atoms with Gasteiger partial charge in [-0.3, -0.25) is 0 Å². The molecule has 1 rings (SSSR count). The van der Waals surface area contributed by atoms with Crippen LogP contribution in [0.2, 0.25) is 5.02 Å². The summed E-state index contributed by atoms with van der Waals surface area (Å²) in [6.07, 6.45) is -1.00. The Morgan fingerprint density at radius 2 is 2.18 bits per heavy atom. The zero-order chi connectivity index (χ0) is 8.43. The summed E-state index contributed by atoms with van der Waals surface area (Å²) in [7, 11) is 0. The Morgan fingerprint density at radius 3 is 2.64 bits per heavy atom. The van der Waals surface area contributed by atoms with Gasteiger partial charge in [0.1, 0.15) is 6.17 Å². The first-order valence-electron chi connectivity index (χ1n) is 3.20. The molecular formula is C8H7BrClF. The Balaban J connectivity index is 3.09. The topological polar surface area (TPSA) is 0 Å². The Bertz CT molecular complexity index is 260. The van der Waals surface area contributed by atoms with Crippen molar-refractivity contribution in [1.29, 1.82) is 0 Å². The van der Waals surface area contributed by atoms with E-state index in [0.29, 0.717) is 10.6 Å². The second-order valence-corrected chi connectivity index (χ2v) is 3.60. The van der Waals surface area contributed by atoms with E-state index in [-0.39, 0.29) is 0 Å². The lowest BCUT2D eigenvalue weighted by atomic mass is 10.1. The van der Waals surface area contributed by atoms with E-state index in [1.165, 1.54) is 6.92 Å². The lowest BCUT2D eigenvalue weighted by Crippen LogP contribution is -1.85. The molecule has 0 amide bonds. The van der Waals surface area contributed by atoms with Gasteiger partial charge in [-0.05, 0) is 19.1 Å². The predicted molar refractivity (Wildman–Crippen MR) is 48.7 cm³/mol. The lowest BCUT2D eigenvalue weighted by molar-refractivity contribution is 0.374. The van der Waals surface area contributed by atoms with Crippen molar-refractivity contribution in [1.82, 2.24) is 0 Å². The molecule has 0 saturated carbocycles. The number of halogens is 3. The highest BCUT2D eigenvalue weighted by atomic mass is 79.9. The van der Waals surface area contributed by atoms with Crippen LogP contribution in [0.15, 0.2) is 22.7 Å². The molecule has 0 bridgehead atoms. The molecule has 0 aromatic heterocycles. The highest BCUT2D eigenvalue weighted by Crippen LogP contribution is 2.27. The van der Waals surface area contributed by atoms with Gasteiger partial charge in [0.05, 0.1) is 0 Å². The molecule has 0 aliphatic heterocycles. The molecule has 1 atom stereocenters. The first-order valence-corrected chi connectivity index (χ1v) is 4.37. The van der Waals surface area contributed by atoms with E-state index in [9.17, 15) is 4.39 Å². The van der Waals surface area contributed by atoms with Crippen molar-refractivity contribution in [3.63, 3.8) is 0 Å². The predicted octanol–water partition coefficient (Wildman–Crippen LogP) is 4.13. The van der Waals surface area contributed by atoms with Crippen LogP contribution < -0.4 is 0 Å². The van der Waals surface area contributed by atoms with E-state index < -0.39 is 6.17 Å². The SMILES string of the molecule is CC(F)c1ccc(Br)cc1Cl. The summed E-state index contributed by atoms with van der Waals surface area (Å²) in [6, 6.07) is 5.14. The minimum atomic E-state index is -1.00. The van der Waals surface area contributed by atoms with Crippen molar-refractivity contribution in [3.05, 3.63) is 33.3 Å². The van der Waals surface area contributed by atoms with Gasteiger partial charge in [-0.1, -0.05) is 33.6 Å². The Morgan fingerprint density at radius 1 is 1.55 bits per heavy atom. The molecule has 1 unspecified atom stereocenters. The number of benzene rings is 1. The minimum Gasteiger partial charge on any atom is -0.243 e. The molecule has 0 aliphatic rings. The van der Waals surface area contributed by atoms with Crippen molar-refractivity contribution in [3.8, 4) is 0 Å². The zero-order valence-electron chi connectivity index (χ0n) is 5.94. The highest BCUT2D eigenvalue weighted by molar-refractivity contribution is 9.10. The second-order valence-electron chi connectivity index (χ2n) is 2.28. The summed E-state index contributed by atoms with van der Waals surface area (Å²) >= 11 is 8.99. The van der Waals surface area contributed by atoms with E-state index in [1.807, 2.05) is 0 Å². The Labute approximate surface area is 78.5 Å². The van der Waals surface area contributed by atoms with Crippen molar-refractivity contribution >= 4 is 27.5 Å². The van der Waals surface area contributed by atoms with E-state index in [2.05, 4.69) is 15.9 Å². The molecule has 0 N–H and O–H groups in total. The monoisotopic (exact) mass is 236 g/mol. The van der Waals surface area contributed by atoms with Crippen molar-refractivity contribution in [2.24, 2.45) is 0 Å². The van der Waals surface area contributed by atoms with Gasteiger partial charge in [0.2, 0.25) is 0 Å². The Kier molecular flexibility index (Phi) is 2.90. The first kappa shape index (κ1) is 9.01. The number of rotatable bonds is 1. The van der Waals surface area contributed by atoms with E-state index in [1.54, 1.807) is 18.2 Å². The van der Waals surface area contributed by atoms with Crippen molar-refractivity contribution in [2.75, 3.05) is 0 Å². The second kappa shape index (κ2) is 3.55. The summed E-state index contributed by atoms with van der Waals surface area (Å²) in [6.45, 7) is 1.47. The molecule has 60 valence electrons. The van der Waals surface area contributed by atoms with Crippen LogP contribution in [-0.2, 0) is 0 Å². The van der Waals surface area contributed by atoms with Crippen molar-refractivity contribution in [2.45, 2.75) is 13.1 Å². The quantitative estimate of drug-likeness (QED) is 0.689. The van der Waals surface area contributed by atoms with Gasteiger partial charge < -0.3 is 0 Å². The molecule has 11 heavy (non-hydrogen) atoms. The smallest absolute Gasteiger partial charge is 0.124 e. The van der Waals surface area contributed by atoms with Gasteiger partial charge in [0.25, 0.3) is 0 Å². The van der Waals surface area contributed by atoms with Crippen LogP contribution in [-0.4, -0.2) is 0 Å². The van der Waals surface area contributed by atoms with Crippen LogP contribution in [0.5, 0.6) is 0 Å². The highest BCUT2D eigenvalue weighted by Gasteiger charge is 2.06. The molecule has 0 spiro atoms. The molecule has 0 radical (unpaired) electrons. The van der Waals surface area contributed by atoms with Gasteiger partial charge >= 0.3 is 0 Å². The molecule has 1 aromatic rings. The average molecular weight is 237 g/mol. The summed E-state index contributed by atoms with van der Waals surface area (Å²) in [5.41, 5.74) is 0.537. The zero-order valence-corrected chi connectivity index (χ0v) is 8.29. The summed E-state index contributed by atoms with van der Waals surface area (Å²) in [5.74, 6) is 0. The summed E-state index contributed by atoms with van der Waals surface area (Å²) < 4.78 is 13.6. The molecule has 0 aliphatic carbocycles. The van der Waals surface area contributed by atoms with E-state index in [4.69, 9.17) is 11.6 Å². The number of hydrogen-bond donors (Lipinski definition) is 0. The molecule has 3 heteroatoms. The van der Waals surface area contributed by atoms with E-state index >= 15 is 0 Å². The maximum Gasteiger partial charge on any atom is 0.124 e. The average Bonchev–Trinajstić information content (AvgIpc) is 1.85. The number of alkyl halides is 1. The molecule has 0 heterocycles. The fourth-order valence-electron chi connectivity index (χ4n) is 0.824. The van der Waals surface area contributed by atoms with Crippen molar-refractivity contribution < 1.29 is 4.39 Å². The van der Waals surface area contributed by atoms with Crippen LogP contribution in [0.1, 0.15) is 18.7 Å². The maximum atomic E-state index is 12.7. The maximum absolute atomic E-state index is 12.7. The summed E-state index contributed by atoms with van der Waals surface area (Å²) in [5, 5.41) is 0.467. The standard InChI is InChI=1S/C8H7BrClF/c1-5(11)7-3-2-6(9)4-8(7)10/h2-5H,1H3. The first-order chi connectivity index (χ1) is 5.11. The van der Waals surface area contributed by atoms with Crippen LogP contribution in [0.3, 0.4) is 0 Å². The third-order valence-electron chi connectivity index (χ3n) is 1.39. The van der Waals surface area contributed by atoms with Gasteiger partial charge in [-0.2, -0.15) is 0 Å². The molecular weight excluding hydrogens is 230 g/mol. The molecule has 0 saturated heterocycles. The third-order valence-corrected chi connectivity index (χ3v) is 2.21.